The highest BCUT2D eigenvalue weighted by molar-refractivity contribution is 7.13. The summed E-state index contributed by atoms with van der Waals surface area (Å²) in [6.07, 6.45) is 2.97. The number of carbonyl (C=O) groups excluding carboxylic acids is 1. The summed E-state index contributed by atoms with van der Waals surface area (Å²) in [7, 11) is 0. The lowest BCUT2D eigenvalue weighted by Crippen LogP contribution is -2.44. The Bertz CT molecular complexity index is 1190. The number of piperidine rings is 1. The molecule has 162 valence electrons. The number of benzene rings is 1. The van der Waals surface area contributed by atoms with Gasteiger partial charge in [-0.25, -0.2) is 0 Å². The van der Waals surface area contributed by atoms with Crippen molar-refractivity contribution in [3.8, 4) is 5.69 Å². The summed E-state index contributed by atoms with van der Waals surface area (Å²) in [6, 6.07) is 9.26. The standard InChI is InChI=1S/C21H19Cl3N4O2S/c1-12-2-5-18(31-12)20(29)26-13-6-8-27(9-7-13)17-4-3-14(10-15(17)22)28-21(30)19(24)16(23)11-25-28/h2-5,10-11,13H,6-9H2,1H3,(H,26,29). The molecule has 1 aromatic carbocycles. The van der Waals surface area contributed by atoms with Gasteiger partial charge in [0.25, 0.3) is 11.5 Å². The molecule has 3 heterocycles. The largest absolute Gasteiger partial charge is 0.370 e. The van der Waals surface area contributed by atoms with Crippen LogP contribution < -0.4 is 15.8 Å². The maximum atomic E-state index is 12.4. The van der Waals surface area contributed by atoms with Crippen LogP contribution in [0.2, 0.25) is 15.1 Å². The maximum absolute atomic E-state index is 12.4. The van der Waals surface area contributed by atoms with Crippen molar-refractivity contribution >= 4 is 57.7 Å². The molecule has 0 saturated carbocycles. The fraction of sp³-hybridized carbons (Fsp3) is 0.286. The van der Waals surface area contributed by atoms with Crippen molar-refractivity contribution in [3.63, 3.8) is 0 Å². The summed E-state index contributed by atoms with van der Waals surface area (Å²) in [5.41, 5.74) is 0.873. The van der Waals surface area contributed by atoms with E-state index in [9.17, 15) is 9.59 Å². The topological polar surface area (TPSA) is 67.2 Å². The molecule has 10 heteroatoms. The van der Waals surface area contributed by atoms with E-state index in [2.05, 4.69) is 15.3 Å². The molecule has 3 aromatic rings. The quantitative estimate of drug-likeness (QED) is 0.553. The molecule has 1 aliphatic heterocycles. The number of anilines is 1. The van der Waals surface area contributed by atoms with Crippen LogP contribution in [0.3, 0.4) is 0 Å². The Kier molecular flexibility index (Phi) is 6.57. The Hall–Kier alpha value is -2.06. The molecule has 1 saturated heterocycles. The highest BCUT2D eigenvalue weighted by Crippen LogP contribution is 2.30. The van der Waals surface area contributed by atoms with Gasteiger partial charge in [-0.05, 0) is 50.1 Å². The zero-order valence-electron chi connectivity index (χ0n) is 16.6. The normalized spacial score (nSPS) is 14.6. The Balaban J connectivity index is 1.43. The number of aromatic nitrogens is 2. The molecule has 6 nitrogen and oxygen atoms in total. The first-order valence-corrected chi connectivity index (χ1v) is 11.6. The maximum Gasteiger partial charge on any atom is 0.291 e. The molecule has 1 amide bonds. The van der Waals surface area contributed by atoms with E-state index in [-0.39, 0.29) is 22.0 Å². The third-order valence-electron chi connectivity index (χ3n) is 5.19. The summed E-state index contributed by atoms with van der Waals surface area (Å²) in [4.78, 5) is 28.7. The van der Waals surface area contributed by atoms with Gasteiger partial charge in [-0.1, -0.05) is 34.8 Å². The van der Waals surface area contributed by atoms with E-state index in [4.69, 9.17) is 34.8 Å². The van der Waals surface area contributed by atoms with Crippen LogP contribution in [0.4, 0.5) is 5.69 Å². The van der Waals surface area contributed by atoms with Crippen molar-refractivity contribution < 1.29 is 4.79 Å². The smallest absolute Gasteiger partial charge is 0.291 e. The number of halogens is 3. The summed E-state index contributed by atoms with van der Waals surface area (Å²) in [6.45, 7) is 3.51. The number of amides is 1. The monoisotopic (exact) mass is 496 g/mol. The number of thiophene rings is 1. The van der Waals surface area contributed by atoms with Gasteiger partial charge in [0.1, 0.15) is 5.02 Å². The van der Waals surface area contributed by atoms with E-state index in [1.54, 1.807) is 12.1 Å². The lowest BCUT2D eigenvalue weighted by molar-refractivity contribution is 0.0935. The zero-order chi connectivity index (χ0) is 22.1. The fourth-order valence-corrected chi connectivity index (χ4v) is 4.88. The summed E-state index contributed by atoms with van der Waals surface area (Å²) in [5.74, 6) is -0.0153. The van der Waals surface area contributed by atoms with Crippen LogP contribution in [0, 0.1) is 6.92 Å². The van der Waals surface area contributed by atoms with Crippen LogP contribution >= 0.6 is 46.1 Å². The van der Waals surface area contributed by atoms with Crippen LogP contribution in [0.5, 0.6) is 0 Å². The number of nitrogens with one attached hydrogen (secondary N) is 1. The van der Waals surface area contributed by atoms with E-state index in [1.807, 2.05) is 25.1 Å². The number of nitrogens with zero attached hydrogens (tertiary/aromatic N) is 3. The second-order valence-corrected chi connectivity index (χ2v) is 9.78. The molecule has 1 N–H and O–H groups in total. The van der Waals surface area contributed by atoms with Gasteiger partial charge in [0, 0.05) is 24.0 Å². The van der Waals surface area contributed by atoms with Gasteiger partial charge < -0.3 is 10.2 Å². The summed E-state index contributed by atoms with van der Waals surface area (Å²) < 4.78 is 1.16. The van der Waals surface area contributed by atoms with Crippen LogP contribution in [-0.4, -0.2) is 34.8 Å². The van der Waals surface area contributed by atoms with Crippen LogP contribution in [0.25, 0.3) is 5.69 Å². The van der Waals surface area contributed by atoms with Crippen molar-refractivity contribution in [3.05, 3.63) is 71.7 Å². The minimum atomic E-state index is -0.504. The molecular weight excluding hydrogens is 479 g/mol. The first kappa shape index (κ1) is 22.1. The third-order valence-corrected chi connectivity index (χ3v) is 7.24. The van der Waals surface area contributed by atoms with Crippen molar-refractivity contribution in [2.75, 3.05) is 18.0 Å². The average molecular weight is 498 g/mol. The molecular formula is C21H19Cl3N4O2S. The molecule has 0 radical (unpaired) electrons. The lowest BCUT2D eigenvalue weighted by atomic mass is 10.0. The Labute approximate surface area is 198 Å². The van der Waals surface area contributed by atoms with Gasteiger partial charge in [0.15, 0.2) is 0 Å². The van der Waals surface area contributed by atoms with E-state index >= 15 is 0 Å². The molecule has 0 atom stereocenters. The summed E-state index contributed by atoms with van der Waals surface area (Å²) >= 11 is 19.8. The zero-order valence-corrected chi connectivity index (χ0v) is 19.7. The number of hydrogen-bond donors (Lipinski definition) is 1. The van der Waals surface area contributed by atoms with Crippen molar-refractivity contribution in [1.82, 2.24) is 15.1 Å². The number of hydrogen-bond acceptors (Lipinski definition) is 5. The van der Waals surface area contributed by atoms with Crippen LogP contribution in [0.1, 0.15) is 27.4 Å². The fourth-order valence-electron chi connectivity index (χ4n) is 3.56. The molecule has 0 unspecified atom stereocenters. The second kappa shape index (κ2) is 9.20. The Morgan fingerprint density at radius 3 is 2.52 bits per heavy atom. The van der Waals surface area contributed by atoms with Crippen LogP contribution in [0.15, 0.2) is 41.3 Å². The van der Waals surface area contributed by atoms with E-state index < -0.39 is 5.56 Å². The van der Waals surface area contributed by atoms with Gasteiger partial charge in [0.05, 0.1) is 32.5 Å². The minimum Gasteiger partial charge on any atom is -0.370 e. The molecule has 1 fully saturated rings. The predicted octanol–water partition coefficient (Wildman–Crippen LogP) is 4.96. The Morgan fingerprint density at radius 1 is 1.13 bits per heavy atom. The van der Waals surface area contributed by atoms with Gasteiger partial charge in [0.2, 0.25) is 0 Å². The highest BCUT2D eigenvalue weighted by Gasteiger charge is 2.23. The van der Waals surface area contributed by atoms with Crippen LogP contribution in [-0.2, 0) is 0 Å². The van der Waals surface area contributed by atoms with Gasteiger partial charge >= 0.3 is 0 Å². The first-order valence-electron chi connectivity index (χ1n) is 9.69. The summed E-state index contributed by atoms with van der Waals surface area (Å²) in [5, 5.41) is 7.69. The van der Waals surface area contributed by atoms with E-state index in [1.165, 1.54) is 17.5 Å². The Morgan fingerprint density at radius 2 is 1.87 bits per heavy atom. The van der Waals surface area contributed by atoms with Gasteiger partial charge in [-0.2, -0.15) is 9.78 Å². The average Bonchev–Trinajstić information content (AvgIpc) is 3.19. The predicted molar refractivity (Wildman–Crippen MR) is 127 cm³/mol. The molecule has 31 heavy (non-hydrogen) atoms. The van der Waals surface area contributed by atoms with E-state index in [0.29, 0.717) is 10.7 Å². The van der Waals surface area contributed by atoms with Crippen molar-refractivity contribution in [2.45, 2.75) is 25.8 Å². The minimum absolute atomic E-state index is 0.0153. The lowest BCUT2D eigenvalue weighted by Gasteiger charge is -2.34. The van der Waals surface area contributed by atoms with E-state index in [0.717, 1.165) is 46.1 Å². The van der Waals surface area contributed by atoms with Crippen molar-refractivity contribution in [2.24, 2.45) is 0 Å². The third kappa shape index (κ3) is 4.75. The van der Waals surface area contributed by atoms with Crippen molar-refractivity contribution in [1.29, 1.82) is 0 Å². The number of aryl methyl sites for hydroxylation is 1. The number of rotatable bonds is 4. The van der Waals surface area contributed by atoms with Gasteiger partial charge in [-0.3, -0.25) is 9.59 Å². The molecule has 0 bridgehead atoms. The first-order chi connectivity index (χ1) is 14.8. The molecule has 0 aliphatic carbocycles. The highest BCUT2D eigenvalue weighted by atomic mass is 35.5. The van der Waals surface area contributed by atoms with Gasteiger partial charge in [-0.15, -0.1) is 11.3 Å². The number of carbonyl (C=O) groups is 1. The molecule has 1 aliphatic rings. The SMILES string of the molecule is Cc1ccc(C(=O)NC2CCN(c3ccc(-n4ncc(Cl)c(Cl)c4=O)cc3Cl)CC2)s1. The molecule has 4 rings (SSSR count). The second-order valence-electron chi connectivity index (χ2n) is 7.30. The molecule has 2 aromatic heterocycles. The molecule has 0 spiro atoms.